The zero-order valence-corrected chi connectivity index (χ0v) is 11.7. The van der Waals surface area contributed by atoms with Gasteiger partial charge in [-0.15, -0.1) is 0 Å². The summed E-state index contributed by atoms with van der Waals surface area (Å²) in [5.74, 6) is 0. The zero-order valence-electron chi connectivity index (χ0n) is 11.7. The number of benzene rings is 2. The second-order valence-corrected chi connectivity index (χ2v) is 5.72. The third-order valence-electron chi connectivity index (χ3n) is 4.24. The van der Waals surface area contributed by atoms with Gasteiger partial charge in [0, 0.05) is 0 Å². The minimum Gasteiger partial charge on any atom is -0.320 e. The van der Waals surface area contributed by atoms with Gasteiger partial charge in [-0.05, 0) is 60.9 Å². The molecule has 0 bridgehead atoms. The molecule has 0 heterocycles. The molecule has 0 aliphatic heterocycles. The highest BCUT2D eigenvalue weighted by molar-refractivity contribution is 5.42. The van der Waals surface area contributed by atoms with Crippen LogP contribution >= 0.6 is 0 Å². The van der Waals surface area contributed by atoms with E-state index in [9.17, 15) is 0 Å². The molecule has 1 aliphatic carbocycles. The van der Waals surface area contributed by atoms with Gasteiger partial charge in [0.15, 0.2) is 0 Å². The van der Waals surface area contributed by atoms with Crippen LogP contribution in [0.3, 0.4) is 0 Å². The lowest BCUT2D eigenvalue weighted by molar-refractivity contribution is 0.857. The van der Waals surface area contributed by atoms with Gasteiger partial charge in [-0.1, -0.05) is 42.0 Å². The van der Waals surface area contributed by atoms with Crippen LogP contribution in [0.15, 0.2) is 36.4 Å². The fraction of sp³-hybridized carbons (Fsp3) is 0.333. The molecule has 0 saturated heterocycles. The van der Waals surface area contributed by atoms with E-state index in [4.69, 9.17) is 5.73 Å². The van der Waals surface area contributed by atoms with Crippen molar-refractivity contribution in [2.24, 2.45) is 5.73 Å². The molecule has 0 aromatic heterocycles. The van der Waals surface area contributed by atoms with Crippen molar-refractivity contribution >= 4 is 0 Å². The Kier molecular flexibility index (Phi) is 3.16. The molecule has 1 atom stereocenters. The lowest BCUT2D eigenvalue weighted by Gasteiger charge is -2.17. The first-order valence-corrected chi connectivity index (χ1v) is 7.09. The predicted octanol–water partition coefficient (Wildman–Crippen LogP) is 3.84. The Hall–Kier alpha value is -1.60. The van der Waals surface area contributed by atoms with Crippen LogP contribution in [0.5, 0.6) is 0 Å². The summed E-state index contributed by atoms with van der Waals surface area (Å²) in [7, 11) is 0. The van der Waals surface area contributed by atoms with Crippen molar-refractivity contribution < 1.29 is 0 Å². The molecule has 1 heteroatoms. The lowest BCUT2D eigenvalue weighted by atomic mass is 9.93. The van der Waals surface area contributed by atoms with E-state index >= 15 is 0 Å². The van der Waals surface area contributed by atoms with E-state index in [-0.39, 0.29) is 6.04 Å². The summed E-state index contributed by atoms with van der Waals surface area (Å²) in [6.07, 6.45) is 3.73. The average molecular weight is 251 g/mol. The van der Waals surface area contributed by atoms with Crippen LogP contribution in [0.1, 0.15) is 45.8 Å². The van der Waals surface area contributed by atoms with Gasteiger partial charge in [0.25, 0.3) is 0 Å². The molecule has 1 nitrogen and oxygen atoms in total. The highest BCUT2D eigenvalue weighted by Crippen LogP contribution is 2.28. The molecule has 2 aromatic carbocycles. The van der Waals surface area contributed by atoms with Gasteiger partial charge < -0.3 is 5.73 Å². The fourth-order valence-electron chi connectivity index (χ4n) is 3.14. The third kappa shape index (κ3) is 2.31. The van der Waals surface area contributed by atoms with E-state index in [1.165, 1.54) is 52.6 Å². The monoisotopic (exact) mass is 251 g/mol. The molecule has 0 spiro atoms. The van der Waals surface area contributed by atoms with E-state index < -0.39 is 0 Å². The molecule has 1 aliphatic rings. The molecule has 0 saturated carbocycles. The van der Waals surface area contributed by atoms with Crippen molar-refractivity contribution in [2.75, 3.05) is 0 Å². The van der Waals surface area contributed by atoms with E-state index in [2.05, 4.69) is 50.2 Å². The van der Waals surface area contributed by atoms with Crippen LogP contribution in [-0.2, 0) is 12.8 Å². The topological polar surface area (TPSA) is 26.0 Å². The van der Waals surface area contributed by atoms with E-state index in [1.807, 2.05) is 0 Å². The normalized spacial score (nSPS) is 15.3. The second-order valence-electron chi connectivity index (χ2n) is 5.72. The number of hydrogen-bond acceptors (Lipinski definition) is 1. The highest BCUT2D eigenvalue weighted by Gasteiger charge is 2.16. The van der Waals surface area contributed by atoms with Gasteiger partial charge in [-0.2, -0.15) is 0 Å². The van der Waals surface area contributed by atoms with Crippen molar-refractivity contribution in [1.82, 2.24) is 0 Å². The average Bonchev–Trinajstić information content (AvgIpc) is 2.85. The summed E-state index contributed by atoms with van der Waals surface area (Å²) in [5.41, 5.74) is 14.5. The fourth-order valence-corrected chi connectivity index (χ4v) is 3.14. The van der Waals surface area contributed by atoms with Crippen LogP contribution in [0.25, 0.3) is 0 Å². The Labute approximate surface area is 115 Å². The summed E-state index contributed by atoms with van der Waals surface area (Å²) >= 11 is 0. The lowest BCUT2D eigenvalue weighted by Crippen LogP contribution is -2.13. The number of fused-ring (bicyclic) bond motifs is 1. The van der Waals surface area contributed by atoms with E-state index in [0.29, 0.717) is 0 Å². The zero-order chi connectivity index (χ0) is 13.4. The van der Waals surface area contributed by atoms with E-state index in [0.717, 1.165) is 0 Å². The van der Waals surface area contributed by atoms with Crippen molar-refractivity contribution in [2.45, 2.75) is 39.2 Å². The molecule has 2 N–H and O–H groups in total. The van der Waals surface area contributed by atoms with Gasteiger partial charge in [-0.25, -0.2) is 0 Å². The van der Waals surface area contributed by atoms with Gasteiger partial charge in [0.2, 0.25) is 0 Å². The largest absolute Gasteiger partial charge is 0.320 e. The number of rotatable bonds is 2. The maximum atomic E-state index is 6.46. The van der Waals surface area contributed by atoms with Crippen molar-refractivity contribution in [3.63, 3.8) is 0 Å². The van der Waals surface area contributed by atoms with Gasteiger partial charge >= 0.3 is 0 Å². The minimum absolute atomic E-state index is 0.00787. The molecule has 2 aromatic rings. The smallest absolute Gasteiger partial charge is 0.0554 e. The summed E-state index contributed by atoms with van der Waals surface area (Å²) in [5, 5.41) is 0. The van der Waals surface area contributed by atoms with E-state index in [1.54, 1.807) is 0 Å². The maximum Gasteiger partial charge on any atom is 0.0554 e. The summed E-state index contributed by atoms with van der Waals surface area (Å²) in [6.45, 7) is 4.27. The van der Waals surface area contributed by atoms with Crippen molar-refractivity contribution in [3.05, 3.63) is 69.8 Å². The summed E-state index contributed by atoms with van der Waals surface area (Å²) in [4.78, 5) is 0. The minimum atomic E-state index is -0.00787. The maximum absolute atomic E-state index is 6.46. The van der Waals surface area contributed by atoms with Gasteiger partial charge in [0.1, 0.15) is 0 Å². The van der Waals surface area contributed by atoms with Crippen molar-refractivity contribution in [3.8, 4) is 0 Å². The summed E-state index contributed by atoms with van der Waals surface area (Å²) < 4.78 is 0. The molecule has 0 amide bonds. The van der Waals surface area contributed by atoms with Crippen LogP contribution in [0.4, 0.5) is 0 Å². The van der Waals surface area contributed by atoms with Crippen molar-refractivity contribution in [1.29, 1.82) is 0 Å². The second kappa shape index (κ2) is 4.82. The number of hydrogen-bond donors (Lipinski definition) is 1. The molecule has 1 unspecified atom stereocenters. The first-order valence-electron chi connectivity index (χ1n) is 7.09. The molecular formula is C18H21N. The molecule has 0 fully saturated rings. The van der Waals surface area contributed by atoms with Crippen LogP contribution in [-0.4, -0.2) is 0 Å². The molecular weight excluding hydrogens is 230 g/mol. The van der Waals surface area contributed by atoms with Gasteiger partial charge in [-0.3, -0.25) is 0 Å². The van der Waals surface area contributed by atoms with Crippen LogP contribution in [0, 0.1) is 13.8 Å². The molecule has 3 rings (SSSR count). The number of aryl methyl sites for hydroxylation is 4. The Morgan fingerprint density at radius 3 is 2.53 bits per heavy atom. The molecule has 0 radical (unpaired) electrons. The Morgan fingerprint density at radius 2 is 1.74 bits per heavy atom. The quantitative estimate of drug-likeness (QED) is 0.862. The van der Waals surface area contributed by atoms with Crippen LogP contribution < -0.4 is 5.73 Å². The summed E-state index contributed by atoms with van der Waals surface area (Å²) in [6, 6.07) is 13.3. The Balaban J connectivity index is 1.97. The highest BCUT2D eigenvalue weighted by atomic mass is 14.6. The predicted molar refractivity (Wildman–Crippen MR) is 80.4 cm³/mol. The number of nitrogens with two attached hydrogens (primary N) is 1. The first-order chi connectivity index (χ1) is 9.15. The SMILES string of the molecule is Cc1ccc(C(N)c2ccc3c(c2)CCC3)c(C)c1. The third-order valence-corrected chi connectivity index (χ3v) is 4.24. The van der Waals surface area contributed by atoms with Crippen LogP contribution in [0.2, 0.25) is 0 Å². The molecule has 19 heavy (non-hydrogen) atoms. The first kappa shape index (κ1) is 12.4. The Morgan fingerprint density at radius 1 is 0.947 bits per heavy atom. The Bertz CT molecular complexity index is 613. The standard InChI is InChI=1S/C18H21N/c1-12-6-9-17(13(2)10-12)18(19)16-8-7-14-4-3-5-15(14)11-16/h6-11,18H,3-5,19H2,1-2H3. The molecule has 98 valence electrons. The van der Waals surface area contributed by atoms with Gasteiger partial charge in [0.05, 0.1) is 6.04 Å².